The van der Waals surface area contributed by atoms with Crippen LogP contribution in [0, 0.1) is 0 Å². The maximum Gasteiger partial charge on any atom is 0.317 e. The Balaban J connectivity index is -0.00000180. The highest BCUT2D eigenvalue weighted by molar-refractivity contribution is 5.76. The van der Waals surface area contributed by atoms with Crippen molar-refractivity contribution < 1.29 is 39.6 Å². The van der Waals surface area contributed by atoms with Gasteiger partial charge in [-0.25, -0.2) is 0 Å². The molecule has 12 heteroatoms. The van der Waals surface area contributed by atoms with Crippen LogP contribution in [0.3, 0.4) is 0 Å². The Morgan fingerprint density at radius 3 is 0.864 bits per heavy atom. The van der Waals surface area contributed by atoms with Gasteiger partial charge >= 0.3 is 23.9 Å². The van der Waals surface area contributed by atoms with Gasteiger partial charge in [-0.3, -0.25) is 29.0 Å². The predicted octanol–water partition coefficient (Wildman–Crippen LogP) is -2.83. The van der Waals surface area contributed by atoms with Crippen LogP contribution in [0.5, 0.6) is 0 Å². The van der Waals surface area contributed by atoms with Crippen molar-refractivity contribution in [3.63, 3.8) is 0 Å². The van der Waals surface area contributed by atoms with Gasteiger partial charge in [0, 0.05) is 59.2 Å². The van der Waals surface area contributed by atoms with Gasteiger partial charge in [-0.15, -0.1) is 0 Å². The third kappa shape index (κ3) is 15.7. The topological polar surface area (TPSA) is 156 Å². The number of carboxylic acids is 4. The molecule has 0 aromatic carbocycles. The first kappa shape index (κ1) is 26.2. The molecule has 0 unspecified atom stereocenters. The second-order valence-electron chi connectivity index (χ2n) is 4.00. The average molecular weight is 341 g/mol. The third-order valence-corrected chi connectivity index (χ3v) is 2.17. The van der Waals surface area contributed by atoms with Gasteiger partial charge in [0.25, 0.3) is 0 Å². The molecular formula is C10H16Mg2N2O8. The average Bonchev–Trinajstić information content (AvgIpc) is 2.22. The Kier molecular flexibility index (Phi) is 16.6. The lowest BCUT2D eigenvalue weighted by molar-refractivity contribution is -0.145. The lowest BCUT2D eigenvalue weighted by atomic mass is 10.4. The minimum atomic E-state index is -1.23. The van der Waals surface area contributed by atoms with Crippen molar-refractivity contribution in [3.05, 3.63) is 0 Å². The number of rotatable bonds is 11. The molecule has 4 N–H and O–H groups in total. The Hall–Kier alpha value is -0.668. The standard InChI is InChI=1S/C10H16N2O8.2Mg/c13-7(14)3-11(4-8(15)16)1-2-12(5-9(17)18)6-10(19)20;;/h1-6H2,(H,13,14)(H,15,16)(H,17,18)(H,19,20);;. The van der Waals surface area contributed by atoms with Crippen molar-refractivity contribution in [2.75, 3.05) is 39.3 Å². The van der Waals surface area contributed by atoms with Gasteiger partial charge in [-0.2, -0.15) is 0 Å². The summed E-state index contributed by atoms with van der Waals surface area (Å²) in [5.74, 6) is -4.91. The molecular weight excluding hydrogens is 325 g/mol. The summed E-state index contributed by atoms with van der Waals surface area (Å²) in [6, 6.07) is 0. The predicted molar refractivity (Wildman–Crippen MR) is 74.9 cm³/mol. The molecule has 0 atom stereocenters. The van der Waals surface area contributed by atoms with Crippen molar-refractivity contribution in [1.82, 2.24) is 9.80 Å². The Labute approximate surface area is 158 Å². The molecule has 0 aliphatic carbocycles. The summed E-state index contributed by atoms with van der Waals surface area (Å²) in [6.45, 7) is -2.25. The highest BCUT2D eigenvalue weighted by Gasteiger charge is 2.17. The van der Waals surface area contributed by atoms with Crippen molar-refractivity contribution in [2.24, 2.45) is 0 Å². The maximum atomic E-state index is 10.6. The van der Waals surface area contributed by atoms with E-state index in [0.29, 0.717) is 0 Å². The van der Waals surface area contributed by atoms with Crippen LogP contribution in [0.4, 0.5) is 0 Å². The van der Waals surface area contributed by atoms with E-state index in [4.69, 9.17) is 20.4 Å². The summed E-state index contributed by atoms with van der Waals surface area (Å²) in [5, 5.41) is 34.5. The molecule has 0 aromatic heterocycles. The monoisotopic (exact) mass is 340 g/mol. The summed E-state index contributed by atoms with van der Waals surface area (Å²) in [4.78, 5) is 44.4. The summed E-state index contributed by atoms with van der Waals surface area (Å²) < 4.78 is 0. The van der Waals surface area contributed by atoms with E-state index >= 15 is 0 Å². The van der Waals surface area contributed by atoms with E-state index in [1.54, 1.807) is 0 Å². The molecule has 0 heterocycles. The Morgan fingerprint density at radius 2 is 0.727 bits per heavy atom. The molecule has 118 valence electrons. The normalized spacial score (nSPS) is 9.73. The van der Waals surface area contributed by atoms with E-state index < -0.39 is 50.1 Å². The molecule has 0 aliphatic heterocycles. The molecule has 0 rings (SSSR count). The first-order valence-electron chi connectivity index (χ1n) is 5.52. The molecule has 10 nitrogen and oxygen atoms in total. The first-order valence-corrected chi connectivity index (χ1v) is 5.52. The van der Waals surface area contributed by atoms with Gasteiger partial charge in [0.2, 0.25) is 0 Å². The summed E-state index contributed by atoms with van der Waals surface area (Å²) >= 11 is 0. The van der Waals surface area contributed by atoms with Gasteiger partial charge < -0.3 is 20.4 Å². The van der Waals surface area contributed by atoms with Crippen LogP contribution >= 0.6 is 0 Å². The van der Waals surface area contributed by atoms with E-state index in [-0.39, 0.29) is 59.2 Å². The second kappa shape index (κ2) is 14.0. The van der Waals surface area contributed by atoms with Crippen LogP contribution in [-0.4, -0.2) is 139 Å². The fourth-order valence-electron chi connectivity index (χ4n) is 1.48. The van der Waals surface area contributed by atoms with Gasteiger partial charge in [-0.05, 0) is 0 Å². The number of hydrogen-bond donors (Lipinski definition) is 4. The van der Waals surface area contributed by atoms with E-state index in [0.717, 1.165) is 9.80 Å². The molecule has 0 saturated heterocycles. The molecule has 0 bridgehead atoms. The smallest absolute Gasteiger partial charge is 0.317 e. The van der Waals surface area contributed by atoms with Crippen molar-refractivity contribution in [2.45, 2.75) is 0 Å². The zero-order valence-electron chi connectivity index (χ0n) is 12.0. The van der Waals surface area contributed by atoms with E-state index in [9.17, 15) is 19.2 Å². The van der Waals surface area contributed by atoms with Crippen LogP contribution in [0.2, 0.25) is 0 Å². The quantitative estimate of drug-likeness (QED) is 0.289. The molecule has 4 radical (unpaired) electrons. The molecule has 0 spiro atoms. The van der Waals surface area contributed by atoms with E-state index in [1.807, 2.05) is 0 Å². The molecule has 0 amide bonds. The molecule has 22 heavy (non-hydrogen) atoms. The minimum Gasteiger partial charge on any atom is -0.480 e. The van der Waals surface area contributed by atoms with Crippen LogP contribution in [-0.2, 0) is 19.2 Å². The molecule has 0 saturated carbocycles. The minimum absolute atomic E-state index is 0. The van der Waals surface area contributed by atoms with Crippen LogP contribution in [0.25, 0.3) is 0 Å². The summed E-state index contributed by atoms with van der Waals surface area (Å²) in [6.07, 6.45) is 0. The number of carboxylic acid groups (broad SMARTS) is 4. The van der Waals surface area contributed by atoms with Crippen LogP contribution in [0.1, 0.15) is 0 Å². The number of aliphatic carboxylic acids is 4. The zero-order chi connectivity index (χ0) is 15.7. The third-order valence-electron chi connectivity index (χ3n) is 2.17. The Bertz CT molecular complexity index is 325. The van der Waals surface area contributed by atoms with E-state index in [2.05, 4.69) is 0 Å². The van der Waals surface area contributed by atoms with Gasteiger partial charge in [-0.1, -0.05) is 0 Å². The second-order valence-corrected chi connectivity index (χ2v) is 4.00. The number of hydrogen-bond acceptors (Lipinski definition) is 6. The Morgan fingerprint density at radius 1 is 0.545 bits per heavy atom. The summed E-state index contributed by atoms with van der Waals surface area (Å²) in [7, 11) is 0. The summed E-state index contributed by atoms with van der Waals surface area (Å²) in [5.41, 5.74) is 0. The SMILES string of the molecule is O=C(O)CN(CCN(CC(=O)O)CC(=O)O)CC(=O)O.[Mg].[Mg]. The van der Waals surface area contributed by atoms with Crippen molar-refractivity contribution >= 4 is 70.0 Å². The van der Waals surface area contributed by atoms with Crippen molar-refractivity contribution in [3.8, 4) is 0 Å². The number of nitrogens with zero attached hydrogens (tertiary/aromatic N) is 2. The van der Waals surface area contributed by atoms with Crippen LogP contribution in [0.15, 0.2) is 0 Å². The molecule has 0 aromatic rings. The maximum absolute atomic E-state index is 10.6. The molecule has 0 aliphatic rings. The van der Waals surface area contributed by atoms with Gasteiger partial charge in [0.15, 0.2) is 0 Å². The van der Waals surface area contributed by atoms with Gasteiger partial charge in [0.05, 0.1) is 26.2 Å². The first-order chi connectivity index (χ1) is 9.20. The molecule has 0 fully saturated rings. The fourth-order valence-corrected chi connectivity index (χ4v) is 1.48. The lowest BCUT2D eigenvalue weighted by Crippen LogP contribution is -2.43. The lowest BCUT2D eigenvalue weighted by Gasteiger charge is -2.23. The van der Waals surface area contributed by atoms with E-state index in [1.165, 1.54) is 0 Å². The van der Waals surface area contributed by atoms with Crippen molar-refractivity contribution in [1.29, 1.82) is 0 Å². The highest BCUT2D eigenvalue weighted by Crippen LogP contribution is 1.94. The zero-order valence-corrected chi connectivity index (χ0v) is 14.8. The van der Waals surface area contributed by atoms with Crippen LogP contribution < -0.4 is 0 Å². The number of carbonyl (C=O) groups is 4. The fraction of sp³-hybridized carbons (Fsp3) is 0.600. The highest BCUT2D eigenvalue weighted by atomic mass is 24.3. The largest absolute Gasteiger partial charge is 0.480 e. The van der Waals surface area contributed by atoms with Gasteiger partial charge in [0.1, 0.15) is 0 Å².